The van der Waals surface area contributed by atoms with Crippen molar-refractivity contribution in [1.82, 2.24) is 4.90 Å². The van der Waals surface area contributed by atoms with Gasteiger partial charge in [0.25, 0.3) is 5.91 Å². The van der Waals surface area contributed by atoms with Gasteiger partial charge in [-0.05, 0) is 37.5 Å². The number of primary amides is 1. The number of hydrogen-bond donors (Lipinski definition) is 2. The van der Waals surface area contributed by atoms with E-state index in [9.17, 15) is 14.7 Å². The molecule has 1 saturated heterocycles. The lowest BCUT2D eigenvalue weighted by atomic mass is 9.88. The molecule has 1 aliphatic heterocycles. The van der Waals surface area contributed by atoms with E-state index in [-0.39, 0.29) is 18.4 Å². The summed E-state index contributed by atoms with van der Waals surface area (Å²) in [5.74, 6) is 0.277. The molecular formula is C14H20N2O3. The van der Waals surface area contributed by atoms with Crippen molar-refractivity contribution >= 4 is 11.8 Å². The predicted molar refractivity (Wildman–Crippen MR) is 68.8 cm³/mol. The van der Waals surface area contributed by atoms with Crippen LogP contribution >= 0.6 is 0 Å². The van der Waals surface area contributed by atoms with Gasteiger partial charge < -0.3 is 15.7 Å². The number of hydrogen-bond acceptors (Lipinski definition) is 3. The van der Waals surface area contributed by atoms with Gasteiger partial charge in [0.05, 0.1) is 6.54 Å². The first-order valence-electron chi connectivity index (χ1n) is 6.99. The minimum atomic E-state index is -1.54. The van der Waals surface area contributed by atoms with E-state index in [4.69, 9.17) is 5.73 Å². The van der Waals surface area contributed by atoms with Crippen molar-refractivity contribution in [3.8, 4) is 0 Å². The highest BCUT2D eigenvalue weighted by molar-refractivity contribution is 5.86. The normalized spacial score (nSPS) is 40.7. The zero-order valence-corrected chi connectivity index (χ0v) is 10.9. The van der Waals surface area contributed by atoms with Crippen LogP contribution < -0.4 is 5.73 Å². The minimum absolute atomic E-state index is 0.0326. The van der Waals surface area contributed by atoms with E-state index < -0.39 is 11.5 Å². The maximum absolute atomic E-state index is 12.5. The molecule has 0 spiro atoms. The number of carbonyl (C=O) groups excluding carboxylic acids is 2. The second-order valence-electron chi connectivity index (χ2n) is 6.15. The third kappa shape index (κ3) is 2.06. The van der Waals surface area contributed by atoms with Crippen molar-refractivity contribution in [2.24, 2.45) is 23.5 Å². The number of β-amino-alcohol motifs (C(OH)–C–C–N with tert-alkyl or cyclic N) is 1. The van der Waals surface area contributed by atoms with E-state index in [2.05, 4.69) is 12.2 Å². The number of likely N-dealkylation sites (tertiary alicyclic amines) is 1. The Morgan fingerprint density at radius 3 is 2.68 bits per heavy atom. The summed E-state index contributed by atoms with van der Waals surface area (Å²) in [6, 6.07) is 0. The van der Waals surface area contributed by atoms with Crippen LogP contribution in [0.4, 0.5) is 0 Å². The fourth-order valence-corrected chi connectivity index (χ4v) is 3.72. The molecule has 4 atom stereocenters. The van der Waals surface area contributed by atoms with Crippen LogP contribution in [0.5, 0.6) is 0 Å². The molecule has 2 aliphatic carbocycles. The van der Waals surface area contributed by atoms with Crippen molar-refractivity contribution in [1.29, 1.82) is 0 Å². The molecule has 3 N–H and O–H groups in total. The SMILES string of the molecule is NC(=O)C1(O)CCCN(C(=O)C2CC3C=CC2C3)C1. The highest BCUT2D eigenvalue weighted by Crippen LogP contribution is 2.44. The lowest BCUT2D eigenvalue weighted by Gasteiger charge is -2.38. The standard InChI is InChI=1S/C14H20N2O3/c15-13(18)14(19)4-1-5-16(8-14)12(17)11-7-9-2-3-10(11)6-9/h2-3,9-11,19H,1,4-8H2,(H2,15,18). The third-order valence-corrected chi connectivity index (χ3v) is 4.84. The van der Waals surface area contributed by atoms with Crippen LogP contribution in [0, 0.1) is 17.8 Å². The summed E-state index contributed by atoms with van der Waals surface area (Å²) in [4.78, 5) is 25.5. The first-order valence-corrected chi connectivity index (χ1v) is 6.99. The molecule has 2 fully saturated rings. The largest absolute Gasteiger partial charge is 0.378 e. The number of allylic oxidation sites excluding steroid dienone is 2. The van der Waals surface area contributed by atoms with Gasteiger partial charge in [-0.1, -0.05) is 12.2 Å². The van der Waals surface area contributed by atoms with Crippen molar-refractivity contribution in [2.45, 2.75) is 31.3 Å². The predicted octanol–water partition coefficient (Wildman–Crippen LogP) is 0.0374. The molecule has 0 radical (unpaired) electrons. The third-order valence-electron chi connectivity index (χ3n) is 4.84. The first-order chi connectivity index (χ1) is 8.99. The van der Waals surface area contributed by atoms with Gasteiger partial charge in [-0.15, -0.1) is 0 Å². The molecule has 5 nitrogen and oxygen atoms in total. The fourth-order valence-electron chi connectivity index (χ4n) is 3.72. The zero-order chi connectivity index (χ0) is 13.6. The van der Waals surface area contributed by atoms with Crippen molar-refractivity contribution in [2.75, 3.05) is 13.1 Å². The highest BCUT2D eigenvalue weighted by Gasteiger charge is 2.45. The van der Waals surface area contributed by atoms with E-state index in [1.165, 1.54) is 0 Å². The average Bonchev–Trinajstić information content (AvgIpc) is 3.00. The topological polar surface area (TPSA) is 83.6 Å². The smallest absolute Gasteiger partial charge is 0.251 e. The molecular weight excluding hydrogens is 244 g/mol. The Balaban J connectivity index is 1.70. The molecule has 1 saturated carbocycles. The maximum Gasteiger partial charge on any atom is 0.251 e. The van der Waals surface area contributed by atoms with Crippen LogP contribution in [0.1, 0.15) is 25.7 Å². The Hall–Kier alpha value is -1.36. The Labute approximate surface area is 112 Å². The van der Waals surface area contributed by atoms with Crippen LogP contribution in [0.2, 0.25) is 0 Å². The Kier molecular flexibility index (Phi) is 2.89. The lowest BCUT2D eigenvalue weighted by molar-refractivity contribution is -0.151. The molecule has 0 aromatic rings. The molecule has 2 amide bonds. The molecule has 4 unspecified atom stereocenters. The summed E-state index contributed by atoms with van der Waals surface area (Å²) in [5.41, 5.74) is 3.70. The van der Waals surface area contributed by atoms with Crippen LogP contribution in [-0.2, 0) is 9.59 Å². The van der Waals surface area contributed by atoms with Crippen LogP contribution in [0.3, 0.4) is 0 Å². The number of amides is 2. The molecule has 1 heterocycles. The van der Waals surface area contributed by atoms with Crippen molar-refractivity contribution in [3.63, 3.8) is 0 Å². The highest BCUT2D eigenvalue weighted by atomic mass is 16.3. The Bertz CT molecular complexity index is 448. The van der Waals surface area contributed by atoms with E-state index in [1.807, 2.05) is 0 Å². The summed E-state index contributed by atoms with van der Waals surface area (Å²) in [6.45, 7) is 0.671. The van der Waals surface area contributed by atoms with Gasteiger partial charge in [0.1, 0.15) is 0 Å². The number of aliphatic hydroxyl groups is 1. The summed E-state index contributed by atoms with van der Waals surface area (Å²) in [7, 11) is 0. The molecule has 3 aliphatic rings. The minimum Gasteiger partial charge on any atom is -0.378 e. The Morgan fingerprint density at radius 2 is 2.11 bits per heavy atom. The van der Waals surface area contributed by atoms with Gasteiger partial charge in [-0.25, -0.2) is 0 Å². The molecule has 2 bridgehead atoms. The van der Waals surface area contributed by atoms with Gasteiger partial charge in [-0.2, -0.15) is 0 Å². The molecule has 0 aromatic heterocycles. The summed E-state index contributed by atoms with van der Waals surface area (Å²) in [5, 5.41) is 10.2. The maximum atomic E-state index is 12.5. The van der Waals surface area contributed by atoms with Gasteiger partial charge in [0, 0.05) is 12.5 Å². The molecule has 0 aromatic carbocycles. The second-order valence-corrected chi connectivity index (χ2v) is 6.15. The van der Waals surface area contributed by atoms with E-state index in [1.54, 1.807) is 4.90 Å². The number of rotatable bonds is 2. The van der Waals surface area contributed by atoms with E-state index in [0.717, 1.165) is 12.8 Å². The lowest BCUT2D eigenvalue weighted by Crippen LogP contribution is -2.58. The molecule has 5 heteroatoms. The molecule has 19 heavy (non-hydrogen) atoms. The van der Waals surface area contributed by atoms with Crippen molar-refractivity contribution < 1.29 is 14.7 Å². The number of piperidine rings is 1. The van der Waals surface area contributed by atoms with Gasteiger partial charge in [0.15, 0.2) is 5.60 Å². The number of carbonyl (C=O) groups is 2. The van der Waals surface area contributed by atoms with E-state index in [0.29, 0.717) is 31.2 Å². The fraction of sp³-hybridized carbons (Fsp3) is 0.714. The summed E-state index contributed by atoms with van der Waals surface area (Å²) >= 11 is 0. The summed E-state index contributed by atoms with van der Waals surface area (Å²) < 4.78 is 0. The van der Waals surface area contributed by atoms with Gasteiger partial charge in [-0.3, -0.25) is 9.59 Å². The zero-order valence-electron chi connectivity index (χ0n) is 10.9. The van der Waals surface area contributed by atoms with Crippen LogP contribution in [0.15, 0.2) is 12.2 Å². The van der Waals surface area contributed by atoms with Gasteiger partial charge >= 0.3 is 0 Å². The second kappa shape index (κ2) is 4.34. The quantitative estimate of drug-likeness (QED) is 0.691. The first kappa shape index (κ1) is 12.7. The molecule has 3 rings (SSSR count). The average molecular weight is 264 g/mol. The molecule has 104 valence electrons. The van der Waals surface area contributed by atoms with Gasteiger partial charge in [0.2, 0.25) is 5.91 Å². The number of nitrogens with two attached hydrogens (primary N) is 1. The number of fused-ring (bicyclic) bond motifs is 2. The van der Waals surface area contributed by atoms with Crippen LogP contribution in [-0.4, -0.2) is 40.5 Å². The number of nitrogens with zero attached hydrogens (tertiary/aromatic N) is 1. The van der Waals surface area contributed by atoms with Crippen LogP contribution in [0.25, 0.3) is 0 Å². The monoisotopic (exact) mass is 264 g/mol. The Morgan fingerprint density at radius 1 is 1.32 bits per heavy atom. The van der Waals surface area contributed by atoms with Crippen molar-refractivity contribution in [3.05, 3.63) is 12.2 Å². The van der Waals surface area contributed by atoms with E-state index >= 15 is 0 Å². The summed E-state index contributed by atoms with van der Waals surface area (Å²) in [6.07, 6.45) is 7.30.